The molecule has 24 heavy (non-hydrogen) atoms. The molecule has 1 atom stereocenters. The molecule has 0 aromatic heterocycles. The first-order valence-electron chi connectivity index (χ1n) is 8.22. The van der Waals surface area contributed by atoms with Gasteiger partial charge in [-0.05, 0) is 18.6 Å². The summed E-state index contributed by atoms with van der Waals surface area (Å²) in [7, 11) is 0. The number of nitrogens with one attached hydrogen (secondary N) is 1. The standard InChI is InChI=1S/C17H25N3OS.2ClH/c21-17(13-15-14-22-12-7-18-15)20-9-4-8-19(10-11-20)16-5-2-1-3-6-16;;/h1-3,5-6,15,18H,4,7-14H2;2*1H. The summed E-state index contributed by atoms with van der Waals surface area (Å²) in [6.07, 6.45) is 1.70. The summed E-state index contributed by atoms with van der Waals surface area (Å²) in [6.45, 7) is 4.73. The van der Waals surface area contributed by atoms with Crippen molar-refractivity contribution in [2.75, 3.05) is 49.1 Å². The van der Waals surface area contributed by atoms with Crippen LogP contribution in [-0.4, -0.2) is 61.1 Å². The molecular formula is C17H27Cl2N3OS. The Balaban J connectivity index is 0.00000144. The van der Waals surface area contributed by atoms with Crippen molar-refractivity contribution < 1.29 is 4.79 Å². The lowest BCUT2D eigenvalue weighted by atomic mass is 10.2. The van der Waals surface area contributed by atoms with Gasteiger partial charge >= 0.3 is 0 Å². The molecule has 3 rings (SSSR count). The van der Waals surface area contributed by atoms with E-state index in [0.29, 0.717) is 18.4 Å². The maximum Gasteiger partial charge on any atom is 0.224 e. The molecule has 1 aromatic carbocycles. The van der Waals surface area contributed by atoms with Crippen LogP contribution in [-0.2, 0) is 4.79 Å². The molecule has 0 bridgehead atoms. The maximum atomic E-state index is 12.5. The smallest absolute Gasteiger partial charge is 0.224 e. The fourth-order valence-electron chi connectivity index (χ4n) is 3.15. The van der Waals surface area contributed by atoms with Crippen LogP contribution >= 0.6 is 36.6 Å². The molecule has 4 nitrogen and oxygen atoms in total. The lowest BCUT2D eigenvalue weighted by molar-refractivity contribution is -0.131. The Morgan fingerprint density at radius 1 is 1.12 bits per heavy atom. The Kier molecular flexibility index (Phi) is 9.89. The second-order valence-electron chi connectivity index (χ2n) is 5.99. The largest absolute Gasteiger partial charge is 0.370 e. The molecule has 0 aliphatic carbocycles. The van der Waals surface area contributed by atoms with Gasteiger partial charge in [-0.1, -0.05) is 18.2 Å². The van der Waals surface area contributed by atoms with Crippen LogP contribution in [0.15, 0.2) is 30.3 Å². The molecule has 0 radical (unpaired) electrons. The topological polar surface area (TPSA) is 35.6 Å². The van der Waals surface area contributed by atoms with Gasteiger partial charge in [-0.15, -0.1) is 24.8 Å². The van der Waals surface area contributed by atoms with E-state index in [1.165, 1.54) is 11.4 Å². The minimum absolute atomic E-state index is 0. The van der Waals surface area contributed by atoms with Crippen molar-refractivity contribution in [3.63, 3.8) is 0 Å². The van der Waals surface area contributed by atoms with E-state index in [1.54, 1.807) is 0 Å². The predicted molar refractivity (Wildman–Crippen MR) is 108 cm³/mol. The molecule has 2 aliphatic rings. The monoisotopic (exact) mass is 391 g/mol. The molecule has 2 aliphatic heterocycles. The van der Waals surface area contributed by atoms with E-state index in [2.05, 4.69) is 39.4 Å². The van der Waals surface area contributed by atoms with Crippen molar-refractivity contribution in [2.24, 2.45) is 0 Å². The van der Waals surface area contributed by atoms with Crippen molar-refractivity contribution in [1.29, 1.82) is 0 Å². The molecule has 0 spiro atoms. The number of thioether (sulfide) groups is 1. The third-order valence-electron chi connectivity index (χ3n) is 4.39. The number of hydrogen-bond acceptors (Lipinski definition) is 4. The Morgan fingerprint density at radius 3 is 2.62 bits per heavy atom. The zero-order valence-electron chi connectivity index (χ0n) is 13.9. The number of carbonyl (C=O) groups excluding carboxylic acids is 1. The summed E-state index contributed by atoms with van der Waals surface area (Å²) in [5.74, 6) is 2.55. The summed E-state index contributed by atoms with van der Waals surface area (Å²) >= 11 is 1.95. The van der Waals surface area contributed by atoms with Gasteiger partial charge in [-0.25, -0.2) is 0 Å². The molecule has 1 aromatic rings. The van der Waals surface area contributed by atoms with Crippen LogP contribution in [0.4, 0.5) is 5.69 Å². The number of carbonyl (C=O) groups is 1. The number of amides is 1. The normalized spacial score (nSPS) is 21.2. The maximum absolute atomic E-state index is 12.5. The van der Waals surface area contributed by atoms with Crippen LogP contribution < -0.4 is 10.2 Å². The van der Waals surface area contributed by atoms with E-state index in [0.717, 1.165) is 44.9 Å². The van der Waals surface area contributed by atoms with Gasteiger partial charge in [-0.3, -0.25) is 4.79 Å². The average molecular weight is 392 g/mol. The third kappa shape index (κ3) is 6.03. The molecule has 2 saturated heterocycles. The number of nitrogens with zero attached hydrogens (tertiary/aromatic N) is 2. The molecule has 1 amide bonds. The SMILES string of the molecule is Cl.Cl.O=C(CC1CSCCN1)N1CCCN(c2ccccc2)CC1. The molecule has 7 heteroatoms. The average Bonchev–Trinajstić information content (AvgIpc) is 2.83. The molecule has 2 heterocycles. The molecular weight excluding hydrogens is 365 g/mol. The van der Waals surface area contributed by atoms with E-state index in [-0.39, 0.29) is 24.8 Å². The minimum Gasteiger partial charge on any atom is -0.370 e. The second-order valence-corrected chi connectivity index (χ2v) is 7.14. The van der Waals surface area contributed by atoms with Crippen LogP contribution in [0.5, 0.6) is 0 Å². The van der Waals surface area contributed by atoms with Gasteiger partial charge in [0, 0.05) is 62.4 Å². The first-order valence-corrected chi connectivity index (χ1v) is 9.37. The summed E-state index contributed by atoms with van der Waals surface area (Å²) < 4.78 is 0. The summed E-state index contributed by atoms with van der Waals surface area (Å²) in [4.78, 5) is 17.0. The van der Waals surface area contributed by atoms with E-state index in [9.17, 15) is 4.79 Å². The number of halogens is 2. The summed E-state index contributed by atoms with van der Waals surface area (Å²) in [6, 6.07) is 10.9. The van der Waals surface area contributed by atoms with E-state index >= 15 is 0 Å². The van der Waals surface area contributed by atoms with Crippen LogP contribution in [0.1, 0.15) is 12.8 Å². The van der Waals surface area contributed by atoms with E-state index in [4.69, 9.17) is 0 Å². The van der Waals surface area contributed by atoms with Crippen molar-refractivity contribution >= 4 is 48.2 Å². The van der Waals surface area contributed by atoms with Crippen LogP contribution in [0.2, 0.25) is 0 Å². The summed E-state index contributed by atoms with van der Waals surface area (Å²) in [5, 5.41) is 3.46. The van der Waals surface area contributed by atoms with E-state index < -0.39 is 0 Å². The highest BCUT2D eigenvalue weighted by molar-refractivity contribution is 7.99. The van der Waals surface area contributed by atoms with E-state index in [1.807, 2.05) is 17.8 Å². The predicted octanol–water partition coefficient (Wildman–Crippen LogP) is 2.66. The van der Waals surface area contributed by atoms with Gasteiger partial charge < -0.3 is 15.1 Å². The van der Waals surface area contributed by atoms with Crippen LogP contribution in [0, 0.1) is 0 Å². The van der Waals surface area contributed by atoms with Gasteiger partial charge in [0.2, 0.25) is 5.91 Å². The van der Waals surface area contributed by atoms with Gasteiger partial charge in [0.25, 0.3) is 0 Å². The molecule has 1 unspecified atom stereocenters. The highest BCUT2D eigenvalue weighted by Gasteiger charge is 2.23. The minimum atomic E-state index is 0. The second kappa shape index (κ2) is 11.1. The number of para-hydroxylation sites is 1. The Hall–Kier alpha value is -0.620. The molecule has 1 N–H and O–H groups in total. The molecule has 2 fully saturated rings. The Labute approximate surface area is 161 Å². The van der Waals surface area contributed by atoms with Crippen LogP contribution in [0.25, 0.3) is 0 Å². The van der Waals surface area contributed by atoms with Gasteiger partial charge in [0.1, 0.15) is 0 Å². The highest BCUT2D eigenvalue weighted by atomic mass is 35.5. The third-order valence-corrected chi connectivity index (χ3v) is 5.52. The quantitative estimate of drug-likeness (QED) is 0.858. The zero-order valence-corrected chi connectivity index (χ0v) is 16.3. The number of hydrogen-bond donors (Lipinski definition) is 1. The Morgan fingerprint density at radius 2 is 1.92 bits per heavy atom. The lowest BCUT2D eigenvalue weighted by Gasteiger charge is -2.27. The fraction of sp³-hybridized carbons (Fsp3) is 0.588. The first-order chi connectivity index (χ1) is 10.8. The van der Waals surface area contributed by atoms with Crippen LogP contribution in [0.3, 0.4) is 0 Å². The Bertz CT molecular complexity index is 486. The molecule has 136 valence electrons. The highest BCUT2D eigenvalue weighted by Crippen LogP contribution is 2.17. The number of anilines is 1. The molecule has 0 saturated carbocycles. The zero-order chi connectivity index (χ0) is 15.2. The first kappa shape index (κ1) is 21.4. The number of benzene rings is 1. The fourth-order valence-corrected chi connectivity index (χ4v) is 4.10. The van der Waals surface area contributed by atoms with Crippen molar-refractivity contribution in [1.82, 2.24) is 10.2 Å². The van der Waals surface area contributed by atoms with Gasteiger partial charge in [-0.2, -0.15) is 11.8 Å². The van der Waals surface area contributed by atoms with Crippen molar-refractivity contribution in [2.45, 2.75) is 18.9 Å². The summed E-state index contributed by atoms with van der Waals surface area (Å²) in [5.41, 5.74) is 1.27. The van der Waals surface area contributed by atoms with Gasteiger partial charge in [0.05, 0.1) is 0 Å². The lowest BCUT2D eigenvalue weighted by Crippen LogP contribution is -2.43. The van der Waals surface area contributed by atoms with Gasteiger partial charge in [0.15, 0.2) is 0 Å². The number of rotatable bonds is 3. The van der Waals surface area contributed by atoms with Crippen molar-refractivity contribution in [3.8, 4) is 0 Å². The van der Waals surface area contributed by atoms with Crippen molar-refractivity contribution in [3.05, 3.63) is 30.3 Å².